The maximum Gasteiger partial charge on any atom is 0.191 e. The summed E-state index contributed by atoms with van der Waals surface area (Å²) in [5.41, 5.74) is 1.34. The van der Waals surface area contributed by atoms with Crippen LogP contribution >= 0.6 is 24.0 Å². The fourth-order valence-electron chi connectivity index (χ4n) is 3.91. The van der Waals surface area contributed by atoms with Gasteiger partial charge in [0.1, 0.15) is 17.9 Å². The average molecular weight is 556 g/mol. The summed E-state index contributed by atoms with van der Waals surface area (Å²) in [5.74, 6) is 3.48. The van der Waals surface area contributed by atoms with E-state index < -0.39 is 0 Å². The normalized spacial score (nSPS) is 15.3. The highest BCUT2D eigenvalue weighted by Crippen LogP contribution is 2.20. The van der Waals surface area contributed by atoms with Crippen molar-refractivity contribution in [3.63, 3.8) is 0 Å². The number of ether oxygens (including phenoxy) is 1. The van der Waals surface area contributed by atoms with Crippen molar-refractivity contribution >= 4 is 29.9 Å². The molecule has 1 aromatic heterocycles. The summed E-state index contributed by atoms with van der Waals surface area (Å²) in [5, 5.41) is 14.9. The van der Waals surface area contributed by atoms with Crippen molar-refractivity contribution in [2.24, 2.45) is 10.9 Å². The van der Waals surface area contributed by atoms with E-state index >= 15 is 0 Å². The molecule has 0 saturated carbocycles. The molecule has 0 radical (unpaired) electrons. The van der Waals surface area contributed by atoms with E-state index in [2.05, 4.69) is 56.3 Å². The van der Waals surface area contributed by atoms with Crippen LogP contribution in [0.2, 0.25) is 0 Å². The highest BCUT2D eigenvalue weighted by Gasteiger charge is 2.19. The number of aromatic nitrogens is 3. The first-order chi connectivity index (χ1) is 15.2. The van der Waals surface area contributed by atoms with E-state index in [0.29, 0.717) is 5.92 Å². The third-order valence-electron chi connectivity index (χ3n) is 5.78. The van der Waals surface area contributed by atoms with Gasteiger partial charge in [-0.2, -0.15) is 0 Å². The predicted molar refractivity (Wildman–Crippen MR) is 140 cm³/mol. The van der Waals surface area contributed by atoms with Gasteiger partial charge in [0, 0.05) is 39.1 Å². The number of rotatable bonds is 10. The molecule has 2 N–H and O–H groups in total. The van der Waals surface area contributed by atoms with Crippen LogP contribution in [0.1, 0.15) is 38.1 Å². The van der Waals surface area contributed by atoms with E-state index in [0.717, 1.165) is 69.8 Å². The number of piperidine rings is 1. The average Bonchev–Trinajstić information content (AvgIpc) is 3.26. The topological polar surface area (TPSA) is 79.6 Å². The SMILES string of the molecule is CCNC(=NCC1CCN(Cc2ccc(OC)cc2)CC1)NCCn1cnnc1CC.I. The second-order valence-electron chi connectivity index (χ2n) is 8.01. The standard InChI is InChI=1S/C23H37N7O.HI/c1-4-22-28-27-18-30(22)15-12-25-23(24-5-2)26-16-19-10-13-29(14-11-19)17-20-6-8-21(31-3)9-7-20;/h6-9,18-19H,4-5,10-17H2,1-3H3,(H2,24,25,26);1H. The van der Waals surface area contributed by atoms with E-state index in [1.54, 1.807) is 13.4 Å². The number of aryl methyl sites for hydroxylation is 1. The van der Waals surface area contributed by atoms with Crippen molar-refractivity contribution in [1.82, 2.24) is 30.3 Å². The van der Waals surface area contributed by atoms with Crippen molar-refractivity contribution in [1.29, 1.82) is 0 Å². The number of guanidine groups is 1. The van der Waals surface area contributed by atoms with Gasteiger partial charge in [-0.15, -0.1) is 34.2 Å². The number of methoxy groups -OCH3 is 1. The Labute approximate surface area is 209 Å². The molecule has 0 aliphatic carbocycles. The molecule has 3 rings (SSSR count). The summed E-state index contributed by atoms with van der Waals surface area (Å²) in [4.78, 5) is 7.39. The Kier molecular flexibility index (Phi) is 11.8. The van der Waals surface area contributed by atoms with Crippen LogP contribution in [0.4, 0.5) is 0 Å². The minimum atomic E-state index is 0. The van der Waals surface area contributed by atoms with Gasteiger partial charge in [-0.25, -0.2) is 0 Å². The van der Waals surface area contributed by atoms with Crippen LogP contribution < -0.4 is 15.4 Å². The molecule has 0 unspecified atom stereocenters. The van der Waals surface area contributed by atoms with Gasteiger partial charge in [0.2, 0.25) is 0 Å². The highest BCUT2D eigenvalue weighted by atomic mass is 127. The second-order valence-corrected chi connectivity index (χ2v) is 8.01. The van der Waals surface area contributed by atoms with E-state index in [4.69, 9.17) is 9.73 Å². The molecule has 2 aromatic rings. The van der Waals surface area contributed by atoms with Gasteiger partial charge in [0.25, 0.3) is 0 Å². The summed E-state index contributed by atoms with van der Waals surface area (Å²) in [7, 11) is 1.71. The Hall–Kier alpha value is -1.88. The quantitative estimate of drug-likeness (QED) is 0.267. The zero-order valence-electron chi connectivity index (χ0n) is 19.6. The Morgan fingerprint density at radius 3 is 2.56 bits per heavy atom. The second kappa shape index (κ2) is 14.3. The number of nitrogens with one attached hydrogen (secondary N) is 2. The zero-order valence-corrected chi connectivity index (χ0v) is 21.9. The molecule has 8 nitrogen and oxygen atoms in total. The molecule has 0 spiro atoms. The van der Waals surface area contributed by atoms with Gasteiger partial charge >= 0.3 is 0 Å². The van der Waals surface area contributed by atoms with Crippen LogP contribution in [0, 0.1) is 5.92 Å². The summed E-state index contributed by atoms with van der Waals surface area (Å²) in [6, 6.07) is 8.40. The minimum absolute atomic E-state index is 0. The Morgan fingerprint density at radius 2 is 1.91 bits per heavy atom. The molecular weight excluding hydrogens is 517 g/mol. The molecule has 32 heavy (non-hydrogen) atoms. The van der Waals surface area contributed by atoms with Crippen LogP contribution in [-0.4, -0.2) is 65.5 Å². The molecule has 0 amide bonds. The molecule has 1 aromatic carbocycles. The molecule has 1 aliphatic heterocycles. The molecule has 9 heteroatoms. The van der Waals surface area contributed by atoms with Crippen LogP contribution in [-0.2, 0) is 19.5 Å². The van der Waals surface area contributed by atoms with Crippen LogP contribution in [0.3, 0.4) is 0 Å². The van der Waals surface area contributed by atoms with E-state index in [9.17, 15) is 0 Å². The maximum absolute atomic E-state index is 5.25. The number of halogens is 1. The van der Waals surface area contributed by atoms with Crippen LogP contribution in [0.5, 0.6) is 5.75 Å². The van der Waals surface area contributed by atoms with Crippen molar-refractivity contribution in [2.45, 2.75) is 46.2 Å². The van der Waals surface area contributed by atoms with Gasteiger partial charge in [-0.05, 0) is 56.5 Å². The lowest BCUT2D eigenvalue weighted by molar-refractivity contribution is 0.180. The zero-order chi connectivity index (χ0) is 21.9. The summed E-state index contributed by atoms with van der Waals surface area (Å²) >= 11 is 0. The van der Waals surface area contributed by atoms with Crippen molar-refractivity contribution in [2.75, 3.05) is 39.8 Å². The number of benzene rings is 1. The van der Waals surface area contributed by atoms with E-state index in [1.165, 1.54) is 18.4 Å². The lowest BCUT2D eigenvalue weighted by Gasteiger charge is -2.31. The predicted octanol–water partition coefficient (Wildman–Crippen LogP) is 2.93. The molecule has 0 bridgehead atoms. The largest absolute Gasteiger partial charge is 0.497 e. The number of hydrogen-bond donors (Lipinski definition) is 2. The van der Waals surface area contributed by atoms with Gasteiger partial charge in [-0.1, -0.05) is 19.1 Å². The third kappa shape index (κ3) is 8.23. The summed E-state index contributed by atoms with van der Waals surface area (Å²) < 4.78 is 7.34. The van der Waals surface area contributed by atoms with Gasteiger partial charge in [0.05, 0.1) is 7.11 Å². The van der Waals surface area contributed by atoms with Crippen LogP contribution in [0.25, 0.3) is 0 Å². The number of aliphatic imine (C=N–C) groups is 1. The smallest absolute Gasteiger partial charge is 0.191 e. The number of hydrogen-bond acceptors (Lipinski definition) is 5. The molecule has 1 aliphatic rings. The summed E-state index contributed by atoms with van der Waals surface area (Å²) in [6.45, 7) is 10.8. The van der Waals surface area contributed by atoms with Crippen molar-refractivity contribution < 1.29 is 4.74 Å². The van der Waals surface area contributed by atoms with Crippen LogP contribution in [0.15, 0.2) is 35.6 Å². The summed E-state index contributed by atoms with van der Waals surface area (Å²) in [6.07, 6.45) is 5.08. The minimum Gasteiger partial charge on any atom is -0.497 e. The van der Waals surface area contributed by atoms with E-state index in [-0.39, 0.29) is 24.0 Å². The van der Waals surface area contributed by atoms with Gasteiger partial charge in [0.15, 0.2) is 5.96 Å². The molecule has 178 valence electrons. The first-order valence-electron chi connectivity index (χ1n) is 11.5. The molecular formula is C23H38IN7O. The fourth-order valence-corrected chi connectivity index (χ4v) is 3.91. The lowest BCUT2D eigenvalue weighted by atomic mass is 9.96. The molecule has 0 atom stereocenters. The first kappa shape index (κ1) is 26.4. The monoisotopic (exact) mass is 555 g/mol. The Bertz CT molecular complexity index is 801. The number of likely N-dealkylation sites (tertiary alicyclic amines) is 1. The van der Waals surface area contributed by atoms with Crippen molar-refractivity contribution in [3.05, 3.63) is 42.0 Å². The Balaban J connectivity index is 0.00000363. The number of nitrogens with zero attached hydrogens (tertiary/aromatic N) is 5. The van der Waals surface area contributed by atoms with Crippen molar-refractivity contribution in [3.8, 4) is 5.75 Å². The Morgan fingerprint density at radius 1 is 1.16 bits per heavy atom. The van der Waals surface area contributed by atoms with E-state index in [1.807, 2.05) is 12.1 Å². The molecule has 1 fully saturated rings. The maximum atomic E-state index is 5.25. The lowest BCUT2D eigenvalue weighted by Crippen LogP contribution is -2.40. The highest BCUT2D eigenvalue weighted by molar-refractivity contribution is 14.0. The van der Waals surface area contributed by atoms with Gasteiger partial charge < -0.3 is 19.9 Å². The van der Waals surface area contributed by atoms with Gasteiger partial charge in [-0.3, -0.25) is 9.89 Å². The molecule has 1 saturated heterocycles. The fraction of sp³-hybridized carbons (Fsp3) is 0.609. The first-order valence-corrected chi connectivity index (χ1v) is 11.5. The molecule has 2 heterocycles. The third-order valence-corrected chi connectivity index (χ3v) is 5.78.